The van der Waals surface area contributed by atoms with Gasteiger partial charge in [-0.3, -0.25) is 14.4 Å². The molecule has 2 heterocycles. The molecule has 0 saturated carbocycles. The van der Waals surface area contributed by atoms with E-state index in [1.165, 1.54) is 7.11 Å². The molecular formula is C45H40F18N6O18. The largest absolute Gasteiger partial charge is 0.473 e. The fourth-order valence-electron chi connectivity index (χ4n) is 7.30. The Hall–Kier alpha value is -8.47. The van der Waals surface area contributed by atoms with Crippen LogP contribution in [0.2, 0.25) is 0 Å². The van der Waals surface area contributed by atoms with Crippen molar-refractivity contribution in [2.45, 2.75) is 112 Å². The molecule has 0 amide bonds. The van der Waals surface area contributed by atoms with Gasteiger partial charge in [-0.15, -0.1) is 0 Å². The molecular weight excluding hydrogens is 1250 g/mol. The molecule has 4 rings (SSSR count). The number of aromatic nitrogens is 6. The van der Waals surface area contributed by atoms with E-state index in [2.05, 4.69) is 18.9 Å². The summed E-state index contributed by atoms with van der Waals surface area (Å²) in [6.45, 7) is -8.16. The van der Waals surface area contributed by atoms with E-state index in [4.69, 9.17) is 9.47 Å². The van der Waals surface area contributed by atoms with Crippen LogP contribution in [0.25, 0.3) is 10.8 Å². The fourth-order valence-corrected chi connectivity index (χ4v) is 7.30. The number of aliphatic hydroxyl groups is 1. The zero-order valence-electron chi connectivity index (χ0n) is 43.8. The highest BCUT2D eigenvalue weighted by atomic mass is 19.4. The third-order valence-corrected chi connectivity index (χ3v) is 12.1. The Morgan fingerprint density at radius 2 is 0.713 bits per heavy atom. The predicted octanol–water partition coefficient (Wildman–Crippen LogP) is 2.85. The van der Waals surface area contributed by atoms with Crippen molar-refractivity contribution in [1.29, 1.82) is 0 Å². The molecule has 0 spiro atoms. The van der Waals surface area contributed by atoms with Crippen LogP contribution in [0.4, 0.5) is 79.0 Å². The molecule has 1 N–H and O–H groups in total. The standard InChI is InChI=1S/C45H40F18N6O18/c1-82-18-15-68-34(79)67(14-17-70)35(80)69(36(68)81)16-19-85-27(72)9-12-65-31(76)64(11-8-26(71)83-2)32(77)66(33(65)78)13-10-28(73)86-44(60,61)42(56,57)40(52,53)38(48,49)37(46,47)39(50,51)41(54,55)43(58,59)45(62,63)87-30(75)25-7-5-22-20-24(29(74)84-3)6-4-23(22)21-25/h4-7,20-21,70H,8-19H2,1-3H3. The number of benzene rings is 2. The van der Waals surface area contributed by atoms with Crippen molar-refractivity contribution in [1.82, 2.24) is 27.4 Å². The van der Waals surface area contributed by atoms with Gasteiger partial charge in [0.25, 0.3) is 0 Å². The number of nitrogens with zero attached hydrogens (tertiary/aromatic N) is 6. The van der Waals surface area contributed by atoms with E-state index in [0.29, 0.717) is 31.9 Å². The second-order valence-corrected chi connectivity index (χ2v) is 17.6. The predicted molar refractivity (Wildman–Crippen MR) is 246 cm³/mol. The summed E-state index contributed by atoms with van der Waals surface area (Å²) in [5.74, 6) is -72.9. The number of rotatable bonds is 29. The summed E-state index contributed by atoms with van der Waals surface area (Å²) in [5.41, 5.74) is -11.2. The van der Waals surface area contributed by atoms with Crippen molar-refractivity contribution >= 4 is 40.6 Å². The molecule has 4 aromatic rings. The Labute approximate surface area is 468 Å². The molecule has 0 radical (unpaired) electrons. The van der Waals surface area contributed by atoms with Crippen molar-refractivity contribution in [3.63, 3.8) is 0 Å². The van der Waals surface area contributed by atoms with Crippen LogP contribution < -0.4 is 34.1 Å². The molecule has 24 nitrogen and oxygen atoms in total. The Bertz CT molecular complexity index is 3670. The summed E-state index contributed by atoms with van der Waals surface area (Å²) in [6.07, 6.45) is -19.9. The van der Waals surface area contributed by atoms with Gasteiger partial charge < -0.3 is 33.5 Å². The summed E-state index contributed by atoms with van der Waals surface area (Å²) in [5, 5.41) is 8.86. The van der Waals surface area contributed by atoms with Gasteiger partial charge in [0, 0.05) is 26.7 Å². The lowest BCUT2D eigenvalue weighted by Crippen LogP contribution is -2.76. The van der Waals surface area contributed by atoms with Crippen molar-refractivity contribution in [3.05, 3.63) is 110 Å². The van der Waals surface area contributed by atoms with Crippen molar-refractivity contribution < 1.29 is 137 Å². The van der Waals surface area contributed by atoms with Gasteiger partial charge >= 0.3 is 118 Å². The minimum absolute atomic E-state index is 0.107. The number of methoxy groups -OCH3 is 3. The normalized spacial score (nSPS) is 13.1. The third-order valence-electron chi connectivity index (χ3n) is 12.1. The molecule has 2 aromatic carbocycles. The van der Waals surface area contributed by atoms with Crippen LogP contribution >= 0.6 is 0 Å². The van der Waals surface area contributed by atoms with Gasteiger partial charge in [-0.2, -0.15) is 79.0 Å². The minimum atomic E-state index is -9.34. The third kappa shape index (κ3) is 13.1. The van der Waals surface area contributed by atoms with Crippen LogP contribution in [0.1, 0.15) is 40.0 Å². The number of aliphatic hydroxyl groups excluding tert-OH is 1. The van der Waals surface area contributed by atoms with E-state index in [1.54, 1.807) is 0 Å². The second-order valence-electron chi connectivity index (χ2n) is 17.6. The quantitative estimate of drug-likeness (QED) is 0.0464. The first kappa shape index (κ1) is 71.0. The molecule has 0 saturated heterocycles. The van der Waals surface area contributed by atoms with Gasteiger partial charge in [-0.05, 0) is 35.0 Å². The van der Waals surface area contributed by atoms with Crippen LogP contribution in [-0.4, -0.2) is 157 Å². The average Bonchev–Trinajstić information content (AvgIpc) is 0.699. The molecule has 87 heavy (non-hydrogen) atoms. The van der Waals surface area contributed by atoms with E-state index >= 15 is 0 Å². The molecule has 0 aliphatic rings. The zero-order chi connectivity index (χ0) is 66.6. The van der Waals surface area contributed by atoms with E-state index in [9.17, 15) is 137 Å². The number of carbonyl (C=O) groups excluding carboxylic acids is 5. The number of esters is 5. The molecule has 2 aromatic heterocycles. The van der Waals surface area contributed by atoms with Gasteiger partial charge in [0.15, 0.2) is 0 Å². The summed E-state index contributed by atoms with van der Waals surface area (Å²) >= 11 is 0. The molecule has 0 aliphatic carbocycles. The lowest BCUT2D eigenvalue weighted by atomic mass is 9.88. The Morgan fingerprint density at radius 1 is 0.391 bits per heavy atom. The Morgan fingerprint density at radius 3 is 1.08 bits per heavy atom. The Kier molecular flexibility index (Phi) is 21.1. The van der Waals surface area contributed by atoms with Crippen LogP contribution in [0.3, 0.4) is 0 Å². The first-order chi connectivity index (χ1) is 39.9. The smallest absolute Gasteiger partial charge is 0.469 e. The van der Waals surface area contributed by atoms with Gasteiger partial charge in [-0.1, -0.05) is 12.1 Å². The topological polar surface area (TPSA) is 293 Å². The van der Waals surface area contributed by atoms with Crippen molar-refractivity contribution in [3.8, 4) is 0 Å². The number of alkyl halides is 18. The molecule has 0 bridgehead atoms. The van der Waals surface area contributed by atoms with Gasteiger partial charge in [0.05, 0.1) is 77.5 Å². The van der Waals surface area contributed by atoms with Gasteiger partial charge in [0.1, 0.15) is 6.61 Å². The van der Waals surface area contributed by atoms with Crippen LogP contribution in [0, 0.1) is 0 Å². The maximum absolute atomic E-state index is 14.8. The first-order valence-corrected chi connectivity index (χ1v) is 23.6. The van der Waals surface area contributed by atoms with Crippen LogP contribution in [-0.2, 0) is 82.1 Å². The number of fused-ring (bicyclic) bond motifs is 1. The first-order valence-electron chi connectivity index (χ1n) is 23.6. The highest BCUT2D eigenvalue weighted by Crippen LogP contribution is 2.65. The van der Waals surface area contributed by atoms with Crippen molar-refractivity contribution in [2.75, 3.05) is 41.2 Å². The highest BCUT2D eigenvalue weighted by molar-refractivity contribution is 5.99. The summed E-state index contributed by atoms with van der Waals surface area (Å²) < 4.78 is 289. The van der Waals surface area contributed by atoms with E-state index in [-0.39, 0.29) is 32.1 Å². The lowest BCUT2D eigenvalue weighted by Gasteiger charge is -2.43. The van der Waals surface area contributed by atoms with E-state index in [0.717, 1.165) is 32.4 Å². The number of halogens is 18. The summed E-state index contributed by atoms with van der Waals surface area (Å²) in [4.78, 5) is 139. The maximum atomic E-state index is 14.8. The number of hydrogen-bond donors (Lipinski definition) is 1. The number of ether oxygens (including phenoxy) is 6. The van der Waals surface area contributed by atoms with Gasteiger partial charge in [-0.25, -0.2) is 65.8 Å². The SMILES string of the molecule is COCCn1c(=O)n(CCO)c(=O)n(CCOC(=O)CCn2c(=O)n(CCC(=O)OC)c(=O)n(CCC(=O)OC(F)(F)C(F)(F)C(F)(F)C(F)(F)C(F)(F)C(F)(F)C(F)(F)C(F)(F)C(F)(F)OC(=O)c3ccc4cc(C(=O)OC)ccc4c3)c2=O)c1=O. The van der Waals surface area contributed by atoms with Gasteiger partial charge in [0.2, 0.25) is 0 Å². The molecule has 484 valence electrons. The molecule has 0 atom stereocenters. The summed E-state index contributed by atoms with van der Waals surface area (Å²) in [6, 6.07) is 4.24. The highest BCUT2D eigenvalue weighted by Gasteiger charge is 2.97. The monoisotopic (exact) mass is 1290 g/mol. The van der Waals surface area contributed by atoms with Crippen molar-refractivity contribution in [2.24, 2.45) is 0 Å². The van der Waals surface area contributed by atoms with E-state index in [1.807, 2.05) is 0 Å². The summed E-state index contributed by atoms with van der Waals surface area (Å²) in [7, 11) is 2.85. The number of hydrogen-bond acceptors (Lipinski definition) is 18. The number of carbonyl (C=O) groups is 5. The maximum Gasteiger partial charge on any atom is 0.473 e. The van der Waals surface area contributed by atoms with Crippen LogP contribution in [0.15, 0.2) is 65.2 Å². The Balaban J connectivity index is 1.58. The van der Waals surface area contributed by atoms with E-state index < -0.39 is 200 Å². The second kappa shape index (κ2) is 25.9. The molecule has 42 heteroatoms. The molecule has 0 fully saturated rings. The fraction of sp³-hybridized carbons (Fsp3) is 0.533. The zero-order valence-corrected chi connectivity index (χ0v) is 43.8. The molecule has 0 aliphatic heterocycles. The molecule has 0 unspecified atom stereocenters. The van der Waals surface area contributed by atoms with Crippen LogP contribution in [0.5, 0.6) is 0 Å². The lowest BCUT2D eigenvalue weighted by molar-refractivity contribution is -0.481. The minimum Gasteiger partial charge on any atom is -0.469 e. The average molecular weight is 1290 g/mol.